The van der Waals surface area contributed by atoms with Crippen molar-refractivity contribution in [2.24, 2.45) is 11.1 Å². The molecule has 0 spiro atoms. The Morgan fingerprint density at radius 1 is 1.21 bits per heavy atom. The lowest BCUT2D eigenvalue weighted by Crippen LogP contribution is -2.45. The van der Waals surface area contributed by atoms with Crippen LogP contribution in [0.2, 0.25) is 0 Å². The van der Waals surface area contributed by atoms with E-state index in [2.05, 4.69) is 32.6 Å². The first-order valence-electron chi connectivity index (χ1n) is 5.80. The van der Waals surface area contributed by atoms with Crippen LogP contribution in [0.15, 0.2) is 0 Å². The number of likely N-dealkylation sites (tertiary alicyclic amines) is 1. The lowest BCUT2D eigenvalue weighted by molar-refractivity contribution is 0.222. The van der Waals surface area contributed by atoms with Crippen molar-refractivity contribution in [2.75, 3.05) is 19.6 Å². The fraction of sp³-hybridized carbons (Fsp3) is 1.00. The van der Waals surface area contributed by atoms with Crippen molar-refractivity contribution in [1.82, 2.24) is 4.90 Å². The topological polar surface area (TPSA) is 29.3 Å². The van der Waals surface area contributed by atoms with Crippen LogP contribution in [0.4, 0.5) is 0 Å². The van der Waals surface area contributed by atoms with E-state index in [1.165, 1.54) is 32.4 Å². The summed E-state index contributed by atoms with van der Waals surface area (Å²) in [5.74, 6) is 0. The summed E-state index contributed by atoms with van der Waals surface area (Å²) in [4.78, 5) is 2.52. The summed E-state index contributed by atoms with van der Waals surface area (Å²) >= 11 is 0. The zero-order chi connectivity index (χ0) is 10.8. The predicted octanol–water partition coefficient (Wildman–Crippen LogP) is 2.24. The summed E-state index contributed by atoms with van der Waals surface area (Å²) in [5.41, 5.74) is 6.53. The number of rotatable bonds is 2. The summed E-state index contributed by atoms with van der Waals surface area (Å²) in [6.45, 7) is 12.5. The van der Waals surface area contributed by atoms with E-state index in [9.17, 15) is 0 Å². The lowest BCUT2D eigenvalue weighted by Gasteiger charge is -2.29. The number of hydrogen-bond donors (Lipinski definition) is 1. The zero-order valence-corrected chi connectivity index (χ0v) is 10.3. The van der Waals surface area contributed by atoms with E-state index < -0.39 is 0 Å². The van der Waals surface area contributed by atoms with E-state index in [1.54, 1.807) is 0 Å². The molecule has 1 heterocycles. The first-order valence-corrected chi connectivity index (χ1v) is 5.80. The summed E-state index contributed by atoms with van der Waals surface area (Å²) in [7, 11) is 0. The van der Waals surface area contributed by atoms with Gasteiger partial charge in [0.1, 0.15) is 0 Å². The van der Waals surface area contributed by atoms with Crippen LogP contribution in [0.3, 0.4) is 0 Å². The predicted molar refractivity (Wildman–Crippen MR) is 62.3 cm³/mol. The molecule has 1 aliphatic heterocycles. The molecule has 1 fully saturated rings. The minimum Gasteiger partial charge on any atom is -0.324 e. The Hall–Kier alpha value is -0.0800. The van der Waals surface area contributed by atoms with E-state index in [1.807, 2.05) is 0 Å². The smallest absolute Gasteiger partial charge is 0.0226 e. The van der Waals surface area contributed by atoms with Crippen LogP contribution in [0.5, 0.6) is 0 Å². The zero-order valence-electron chi connectivity index (χ0n) is 10.3. The van der Waals surface area contributed by atoms with E-state index in [0.717, 1.165) is 6.54 Å². The largest absolute Gasteiger partial charge is 0.324 e. The second kappa shape index (κ2) is 4.19. The van der Waals surface area contributed by atoms with Gasteiger partial charge >= 0.3 is 0 Å². The van der Waals surface area contributed by atoms with E-state index in [0.29, 0.717) is 5.41 Å². The summed E-state index contributed by atoms with van der Waals surface area (Å²) in [6, 6.07) is 0. The molecule has 0 aromatic heterocycles. The molecule has 1 rings (SSSR count). The quantitative estimate of drug-likeness (QED) is 0.737. The molecule has 0 aromatic rings. The van der Waals surface area contributed by atoms with E-state index >= 15 is 0 Å². The van der Waals surface area contributed by atoms with E-state index in [-0.39, 0.29) is 5.54 Å². The van der Waals surface area contributed by atoms with Crippen molar-refractivity contribution in [3.8, 4) is 0 Å². The standard InChI is InChI=1S/C12H26N2/c1-11(2)6-5-8-14(9-7-11)10-12(3,4)13/h5-10,13H2,1-4H3. The van der Waals surface area contributed by atoms with Gasteiger partial charge in [0.2, 0.25) is 0 Å². The van der Waals surface area contributed by atoms with Gasteiger partial charge in [-0.25, -0.2) is 0 Å². The average molecular weight is 198 g/mol. The third kappa shape index (κ3) is 4.43. The Kier molecular flexibility index (Phi) is 3.59. The minimum absolute atomic E-state index is 0.0471. The highest BCUT2D eigenvalue weighted by Gasteiger charge is 2.25. The van der Waals surface area contributed by atoms with Gasteiger partial charge in [-0.05, 0) is 51.6 Å². The molecule has 84 valence electrons. The molecule has 0 atom stereocenters. The molecule has 0 amide bonds. The van der Waals surface area contributed by atoms with Crippen LogP contribution in [-0.4, -0.2) is 30.1 Å². The van der Waals surface area contributed by atoms with Crippen LogP contribution >= 0.6 is 0 Å². The molecule has 2 N–H and O–H groups in total. The third-order valence-corrected chi connectivity index (χ3v) is 3.06. The Balaban J connectivity index is 2.43. The summed E-state index contributed by atoms with van der Waals surface area (Å²) in [6.07, 6.45) is 3.99. The molecule has 0 bridgehead atoms. The Morgan fingerprint density at radius 2 is 1.86 bits per heavy atom. The fourth-order valence-corrected chi connectivity index (χ4v) is 2.21. The van der Waals surface area contributed by atoms with Crippen molar-refractivity contribution in [1.29, 1.82) is 0 Å². The van der Waals surface area contributed by atoms with Crippen LogP contribution in [0, 0.1) is 5.41 Å². The van der Waals surface area contributed by atoms with Crippen LogP contribution in [-0.2, 0) is 0 Å². The third-order valence-electron chi connectivity index (χ3n) is 3.06. The van der Waals surface area contributed by atoms with Crippen molar-refractivity contribution < 1.29 is 0 Å². The van der Waals surface area contributed by atoms with Crippen LogP contribution in [0.1, 0.15) is 47.0 Å². The maximum Gasteiger partial charge on any atom is 0.0226 e. The first-order chi connectivity index (χ1) is 6.29. The molecule has 0 aliphatic carbocycles. The molecule has 0 radical (unpaired) electrons. The SMILES string of the molecule is CC(C)(N)CN1CCCC(C)(C)CC1. The van der Waals surface area contributed by atoms with Gasteiger partial charge in [-0.3, -0.25) is 0 Å². The monoisotopic (exact) mass is 198 g/mol. The van der Waals surface area contributed by atoms with Crippen molar-refractivity contribution in [2.45, 2.75) is 52.5 Å². The minimum atomic E-state index is -0.0471. The van der Waals surface area contributed by atoms with Crippen molar-refractivity contribution in [3.63, 3.8) is 0 Å². The first kappa shape index (κ1) is 12.0. The molecular weight excluding hydrogens is 172 g/mol. The van der Waals surface area contributed by atoms with Gasteiger partial charge in [0.15, 0.2) is 0 Å². The Morgan fingerprint density at radius 3 is 2.43 bits per heavy atom. The van der Waals surface area contributed by atoms with Crippen LogP contribution < -0.4 is 5.73 Å². The Labute approximate surface area is 88.8 Å². The maximum atomic E-state index is 6.04. The van der Waals surface area contributed by atoms with Crippen LogP contribution in [0.25, 0.3) is 0 Å². The highest BCUT2D eigenvalue weighted by molar-refractivity contribution is 4.81. The molecule has 0 aromatic carbocycles. The van der Waals surface area contributed by atoms with Gasteiger partial charge in [-0.15, -0.1) is 0 Å². The Bertz CT molecular complexity index is 179. The molecule has 1 saturated heterocycles. The van der Waals surface area contributed by atoms with Gasteiger partial charge in [-0.2, -0.15) is 0 Å². The van der Waals surface area contributed by atoms with Crippen molar-refractivity contribution >= 4 is 0 Å². The van der Waals surface area contributed by atoms with Gasteiger partial charge in [0, 0.05) is 12.1 Å². The number of nitrogens with zero attached hydrogens (tertiary/aromatic N) is 1. The second-order valence-corrected chi connectivity index (χ2v) is 6.28. The number of nitrogens with two attached hydrogens (primary N) is 1. The second-order valence-electron chi connectivity index (χ2n) is 6.28. The summed E-state index contributed by atoms with van der Waals surface area (Å²) in [5, 5.41) is 0. The average Bonchev–Trinajstić information content (AvgIpc) is 2.10. The fourth-order valence-electron chi connectivity index (χ4n) is 2.21. The molecule has 1 aliphatic rings. The highest BCUT2D eigenvalue weighted by Crippen LogP contribution is 2.29. The van der Waals surface area contributed by atoms with Crippen molar-refractivity contribution in [3.05, 3.63) is 0 Å². The normalized spacial score (nSPS) is 24.6. The molecule has 14 heavy (non-hydrogen) atoms. The van der Waals surface area contributed by atoms with Gasteiger partial charge in [-0.1, -0.05) is 13.8 Å². The lowest BCUT2D eigenvalue weighted by atomic mass is 9.85. The molecule has 2 nitrogen and oxygen atoms in total. The highest BCUT2D eigenvalue weighted by atomic mass is 15.1. The molecule has 0 unspecified atom stereocenters. The van der Waals surface area contributed by atoms with Gasteiger partial charge in [0.25, 0.3) is 0 Å². The van der Waals surface area contributed by atoms with Gasteiger partial charge < -0.3 is 10.6 Å². The molecular formula is C12H26N2. The molecule has 2 heteroatoms. The maximum absolute atomic E-state index is 6.04. The van der Waals surface area contributed by atoms with E-state index in [4.69, 9.17) is 5.73 Å². The van der Waals surface area contributed by atoms with Gasteiger partial charge in [0.05, 0.1) is 0 Å². The number of hydrogen-bond acceptors (Lipinski definition) is 2. The summed E-state index contributed by atoms with van der Waals surface area (Å²) < 4.78 is 0. The molecule has 0 saturated carbocycles.